The zero-order valence-corrected chi connectivity index (χ0v) is 12.5. The van der Waals surface area contributed by atoms with Crippen molar-refractivity contribution in [3.05, 3.63) is 77.4 Å². The van der Waals surface area contributed by atoms with Gasteiger partial charge in [-0.3, -0.25) is 0 Å². The van der Waals surface area contributed by atoms with Gasteiger partial charge in [0.2, 0.25) is 0 Å². The minimum absolute atomic E-state index is 0.467. The summed E-state index contributed by atoms with van der Waals surface area (Å²) >= 11 is 0. The number of aryl methyl sites for hydroxylation is 1. The molecular formula is C20H21N. The van der Waals surface area contributed by atoms with E-state index in [1.54, 1.807) is 0 Å². The molecule has 21 heavy (non-hydrogen) atoms. The molecule has 6 rings (SSSR count). The molecule has 1 aliphatic carbocycles. The lowest BCUT2D eigenvalue weighted by Gasteiger charge is -2.40. The van der Waals surface area contributed by atoms with Crippen LogP contribution in [0, 0.1) is 0 Å². The summed E-state index contributed by atoms with van der Waals surface area (Å²) in [7, 11) is 0. The van der Waals surface area contributed by atoms with Crippen molar-refractivity contribution >= 4 is 5.69 Å². The van der Waals surface area contributed by atoms with Gasteiger partial charge in [-0.15, -0.1) is 6.58 Å². The molecule has 3 aliphatic heterocycles. The summed E-state index contributed by atoms with van der Waals surface area (Å²) in [5, 5.41) is 0. The molecule has 0 N–H and O–H groups in total. The second-order valence-corrected chi connectivity index (χ2v) is 6.23. The van der Waals surface area contributed by atoms with Gasteiger partial charge in [-0.25, -0.2) is 0 Å². The largest absolute Gasteiger partial charge is 0.361 e. The summed E-state index contributed by atoms with van der Waals surface area (Å²) in [4.78, 5) is 2.52. The quantitative estimate of drug-likeness (QED) is 0.709. The van der Waals surface area contributed by atoms with E-state index in [0.29, 0.717) is 12.0 Å². The summed E-state index contributed by atoms with van der Waals surface area (Å²) in [5.74, 6) is 0.491. The van der Waals surface area contributed by atoms with Crippen LogP contribution in [0.25, 0.3) is 0 Å². The smallest absolute Gasteiger partial charge is 0.0552 e. The van der Waals surface area contributed by atoms with Crippen molar-refractivity contribution in [2.45, 2.75) is 31.7 Å². The highest BCUT2D eigenvalue weighted by atomic mass is 15.2. The first-order valence-corrected chi connectivity index (χ1v) is 7.89. The fourth-order valence-corrected chi connectivity index (χ4v) is 4.09. The maximum absolute atomic E-state index is 3.96. The van der Waals surface area contributed by atoms with E-state index in [2.05, 4.69) is 60.9 Å². The Morgan fingerprint density at radius 3 is 2.76 bits per heavy atom. The van der Waals surface area contributed by atoms with Gasteiger partial charge < -0.3 is 4.90 Å². The molecule has 2 aromatic rings. The van der Waals surface area contributed by atoms with Crippen molar-refractivity contribution in [1.82, 2.24) is 0 Å². The second kappa shape index (κ2) is 4.77. The molecule has 0 saturated carbocycles. The molecule has 4 aliphatic rings. The summed E-state index contributed by atoms with van der Waals surface area (Å²) < 4.78 is 0. The van der Waals surface area contributed by atoms with Crippen LogP contribution in [0.4, 0.5) is 5.69 Å². The van der Waals surface area contributed by atoms with Gasteiger partial charge in [-0.05, 0) is 47.2 Å². The van der Waals surface area contributed by atoms with Crippen LogP contribution in [0.1, 0.15) is 47.6 Å². The highest BCUT2D eigenvalue weighted by Crippen LogP contribution is 2.44. The lowest BCUT2D eigenvalue weighted by atomic mass is 9.77. The third-order valence-corrected chi connectivity index (χ3v) is 5.14. The van der Waals surface area contributed by atoms with Crippen molar-refractivity contribution < 1.29 is 0 Å². The first-order chi connectivity index (χ1) is 10.3. The molecule has 4 bridgehead atoms. The van der Waals surface area contributed by atoms with Crippen molar-refractivity contribution in [1.29, 1.82) is 0 Å². The molecule has 0 radical (unpaired) electrons. The van der Waals surface area contributed by atoms with Crippen LogP contribution >= 0.6 is 0 Å². The van der Waals surface area contributed by atoms with E-state index in [-0.39, 0.29) is 0 Å². The first-order valence-electron chi connectivity index (χ1n) is 7.89. The van der Waals surface area contributed by atoms with Crippen LogP contribution < -0.4 is 4.90 Å². The Kier molecular flexibility index (Phi) is 2.88. The van der Waals surface area contributed by atoms with Crippen LogP contribution in [-0.2, 0) is 6.42 Å². The molecule has 2 atom stereocenters. The van der Waals surface area contributed by atoms with Gasteiger partial charge in [0.15, 0.2) is 0 Å². The zero-order valence-electron chi connectivity index (χ0n) is 12.5. The van der Waals surface area contributed by atoms with Gasteiger partial charge in [-0.2, -0.15) is 0 Å². The number of fused-ring (bicyclic) bond motifs is 1. The minimum Gasteiger partial charge on any atom is -0.361 e. The van der Waals surface area contributed by atoms with Crippen LogP contribution in [0.2, 0.25) is 0 Å². The number of nitrogens with zero attached hydrogens (tertiary/aromatic N) is 1. The van der Waals surface area contributed by atoms with Crippen LogP contribution in [0.5, 0.6) is 0 Å². The molecule has 106 valence electrons. The number of benzene rings is 2. The highest BCUT2D eigenvalue weighted by molar-refractivity contribution is 5.60. The Morgan fingerprint density at radius 1 is 1.14 bits per heavy atom. The van der Waals surface area contributed by atoms with E-state index in [1.807, 2.05) is 6.08 Å². The van der Waals surface area contributed by atoms with Crippen molar-refractivity contribution in [3.63, 3.8) is 0 Å². The normalized spacial score (nSPS) is 22.4. The Morgan fingerprint density at radius 2 is 1.95 bits per heavy atom. The van der Waals surface area contributed by atoms with Gasteiger partial charge in [0.05, 0.1) is 6.04 Å². The average molecular weight is 275 g/mol. The van der Waals surface area contributed by atoms with Crippen LogP contribution in [-0.4, -0.2) is 6.54 Å². The van der Waals surface area contributed by atoms with E-state index in [4.69, 9.17) is 0 Å². The first kappa shape index (κ1) is 12.7. The summed E-state index contributed by atoms with van der Waals surface area (Å²) in [6.45, 7) is 7.23. The number of hydrogen-bond acceptors (Lipinski definition) is 1. The Balaban J connectivity index is 2.02. The van der Waals surface area contributed by atoms with Gasteiger partial charge in [0, 0.05) is 18.2 Å². The molecule has 0 aromatic heterocycles. The van der Waals surface area contributed by atoms with Crippen LogP contribution in [0.3, 0.4) is 0 Å². The molecule has 0 fully saturated rings. The predicted octanol–water partition coefficient (Wildman–Crippen LogP) is 4.83. The maximum Gasteiger partial charge on any atom is 0.0552 e. The van der Waals surface area contributed by atoms with Gasteiger partial charge >= 0.3 is 0 Å². The molecule has 2 unspecified atom stereocenters. The van der Waals surface area contributed by atoms with E-state index in [0.717, 1.165) is 6.54 Å². The molecule has 0 saturated heterocycles. The summed E-state index contributed by atoms with van der Waals surface area (Å²) in [6, 6.07) is 16.5. The molecule has 0 spiro atoms. The van der Waals surface area contributed by atoms with E-state index >= 15 is 0 Å². The lowest BCUT2D eigenvalue weighted by Crippen LogP contribution is -2.33. The molecule has 3 heterocycles. The zero-order chi connectivity index (χ0) is 14.4. The number of anilines is 1. The van der Waals surface area contributed by atoms with E-state index < -0.39 is 0 Å². The monoisotopic (exact) mass is 275 g/mol. The Bertz CT molecular complexity index is 701. The highest BCUT2D eigenvalue weighted by Gasteiger charge is 2.31. The van der Waals surface area contributed by atoms with E-state index in [1.165, 1.54) is 40.8 Å². The Labute approximate surface area is 126 Å². The van der Waals surface area contributed by atoms with Crippen molar-refractivity contribution in [3.8, 4) is 0 Å². The molecule has 0 amide bonds. The second-order valence-electron chi connectivity index (χ2n) is 6.23. The standard InChI is InChI=1S/C20H21N/c1-3-12-21-16-10-8-15-9-11-20(21)18-7-5-4-6-17(18)14(2)19(15)13-16/h3-8,10,13-14,20H,1,9,11-12H2,2H3. The summed E-state index contributed by atoms with van der Waals surface area (Å²) in [5.41, 5.74) is 7.38. The molecule has 1 heteroatoms. The number of rotatable bonds is 2. The van der Waals surface area contributed by atoms with Crippen LogP contribution in [0.15, 0.2) is 55.1 Å². The van der Waals surface area contributed by atoms with Gasteiger partial charge in [0.1, 0.15) is 0 Å². The molecule has 1 nitrogen and oxygen atoms in total. The molecule has 2 aromatic carbocycles. The third-order valence-electron chi connectivity index (χ3n) is 5.14. The minimum atomic E-state index is 0.467. The molecular weight excluding hydrogens is 254 g/mol. The van der Waals surface area contributed by atoms with E-state index in [9.17, 15) is 0 Å². The average Bonchev–Trinajstić information content (AvgIpc) is 2.50. The van der Waals surface area contributed by atoms with Crippen molar-refractivity contribution in [2.24, 2.45) is 0 Å². The third kappa shape index (κ3) is 1.84. The SMILES string of the molecule is C=CCN1c2ccc3c(c2)C(C)c2ccccc2C1CC3. The predicted molar refractivity (Wildman–Crippen MR) is 89.0 cm³/mol. The number of hydrogen-bond donors (Lipinski definition) is 0. The van der Waals surface area contributed by atoms with Crippen molar-refractivity contribution in [2.75, 3.05) is 11.4 Å². The summed E-state index contributed by atoms with van der Waals surface area (Å²) in [6.07, 6.45) is 4.39. The maximum atomic E-state index is 3.96. The fourth-order valence-electron chi connectivity index (χ4n) is 4.09. The fraction of sp³-hybridized carbons (Fsp3) is 0.300. The van der Waals surface area contributed by atoms with Gasteiger partial charge in [0.25, 0.3) is 0 Å². The Hall–Kier alpha value is -2.02. The topological polar surface area (TPSA) is 3.24 Å². The lowest BCUT2D eigenvalue weighted by molar-refractivity contribution is 0.567. The van der Waals surface area contributed by atoms with Gasteiger partial charge in [-0.1, -0.05) is 43.3 Å².